The Morgan fingerprint density at radius 2 is 2.30 bits per heavy atom. The average molecular weight is 407 g/mol. The van der Waals surface area contributed by atoms with E-state index in [0.29, 0.717) is 11.4 Å². The molecule has 0 atom stereocenters. The van der Waals surface area contributed by atoms with Crippen molar-refractivity contribution in [1.29, 1.82) is 0 Å². The standard InChI is InChI=1S/C15H25N3S.HI/c1-2-7-15(8-4-9-15)12-18-14(16)17-10-6-13-5-3-11-19-13;/h3,5,11H,2,4,6-10,12H2,1H3,(H3,16,17,18);1H. The van der Waals surface area contributed by atoms with Gasteiger partial charge in [0.15, 0.2) is 5.96 Å². The van der Waals surface area contributed by atoms with Crippen LogP contribution in [-0.2, 0) is 6.42 Å². The second-order valence-corrected chi connectivity index (χ2v) is 6.59. The Labute approximate surface area is 143 Å². The Bertz CT molecular complexity index is 399. The second kappa shape index (κ2) is 8.87. The lowest BCUT2D eigenvalue weighted by Crippen LogP contribution is -2.37. The molecule has 0 radical (unpaired) electrons. The summed E-state index contributed by atoms with van der Waals surface area (Å²) in [6, 6.07) is 4.24. The van der Waals surface area contributed by atoms with Crippen LogP contribution in [0.25, 0.3) is 0 Å². The van der Waals surface area contributed by atoms with Gasteiger partial charge in [-0.2, -0.15) is 0 Å². The molecule has 5 heteroatoms. The van der Waals surface area contributed by atoms with Gasteiger partial charge in [0.1, 0.15) is 0 Å². The lowest BCUT2D eigenvalue weighted by atomic mass is 9.66. The third kappa shape index (κ3) is 5.24. The second-order valence-electron chi connectivity index (χ2n) is 5.56. The summed E-state index contributed by atoms with van der Waals surface area (Å²) >= 11 is 1.79. The molecule has 0 aliphatic heterocycles. The van der Waals surface area contributed by atoms with Crippen molar-refractivity contribution in [2.45, 2.75) is 45.4 Å². The van der Waals surface area contributed by atoms with E-state index in [9.17, 15) is 0 Å². The summed E-state index contributed by atoms with van der Waals surface area (Å²) in [6.45, 7) is 4.03. The van der Waals surface area contributed by atoms with Crippen molar-refractivity contribution in [2.75, 3.05) is 13.1 Å². The number of nitrogens with two attached hydrogens (primary N) is 1. The maximum atomic E-state index is 5.94. The topological polar surface area (TPSA) is 50.4 Å². The maximum Gasteiger partial charge on any atom is 0.188 e. The first-order valence-corrected chi connectivity index (χ1v) is 8.18. The summed E-state index contributed by atoms with van der Waals surface area (Å²) in [4.78, 5) is 5.93. The molecule has 1 saturated carbocycles. The fourth-order valence-corrected chi connectivity index (χ4v) is 3.48. The summed E-state index contributed by atoms with van der Waals surface area (Å²) in [5, 5.41) is 5.33. The number of guanidine groups is 1. The molecule has 0 unspecified atom stereocenters. The molecule has 2 rings (SSSR count). The number of hydrogen-bond acceptors (Lipinski definition) is 2. The van der Waals surface area contributed by atoms with E-state index in [1.54, 1.807) is 11.3 Å². The molecule has 1 aromatic rings. The highest BCUT2D eigenvalue weighted by Gasteiger charge is 2.35. The van der Waals surface area contributed by atoms with Crippen LogP contribution in [0.3, 0.4) is 0 Å². The van der Waals surface area contributed by atoms with Crippen molar-refractivity contribution >= 4 is 41.3 Å². The van der Waals surface area contributed by atoms with Crippen molar-refractivity contribution in [2.24, 2.45) is 16.1 Å². The number of hydrogen-bond donors (Lipinski definition) is 2. The minimum Gasteiger partial charge on any atom is -0.370 e. The molecule has 0 saturated heterocycles. The van der Waals surface area contributed by atoms with Gasteiger partial charge in [-0.05, 0) is 42.5 Å². The van der Waals surface area contributed by atoms with Crippen LogP contribution < -0.4 is 11.1 Å². The third-order valence-corrected chi connectivity index (χ3v) is 4.97. The fourth-order valence-electron chi connectivity index (χ4n) is 2.77. The number of thiophene rings is 1. The molecule has 3 N–H and O–H groups in total. The summed E-state index contributed by atoms with van der Waals surface area (Å²) in [7, 11) is 0. The van der Waals surface area contributed by atoms with Crippen LogP contribution in [0.2, 0.25) is 0 Å². The molecule has 0 bridgehead atoms. The molecular weight excluding hydrogens is 381 g/mol. The maximum absolute atomic E-state index is 5.94. The Balaban J connectivity index is 0.00000200. The van der Waals surface area contributed by atoms with Gasteiger partial charge in [-0.1, -0.05) is 25.8 Å². The van der Waals surface area contributed by atoms with E-state index in [1.165, 1.54) is 37.0 Å². The quantitative estimate of drug-likeness (QED) is 0.411. The number of nitrogens with zero attached hydrogens (tertiary/aromatic N) is 1. The van der Waals surface area contributed by atoms with E-state index in [0.717, 1.165) is 19.5 Å². The minimum atomic E-state index is 0. The van der Waals surface area contributed by atoms with Gasteiger partial charge in [0.25, 0.3) is 0 Å². The van der Waals surface area contributed by atoms with E-state index in [1.807, 2.05) is 0 Å². The molecule has 0 amide bonds. The minimum absolute atomic E-state index is 0. The Kier molecular flexibility index (Phi) is 7.87. The van der Waals surface area contributed by atoms with Crippen LogP contribution in [-0.4, -0.2) is 19.0 Å². The first-order chi connectivity index (χ1) is 9.24. The third-order valence-electron chi connectivity index (χ3n) is 4.04. The molecule has 114 valence electrons. The molecule has 1 aromatic heterocycles. The molecule has 20 heavy (non-hydrogen) atoms. The van der Waals surface area contributed by atoms with Crippen LogP contribution in [0, 0.1) is 5.41 Å². The lowest BCUT2D eigenvalue weighted by molar-refractivity contribution is 0.130. The zero-order valence-corrected chi connectivity index (χ0v) is 15.4. The first kappa shape index (κ1) is 17.8. The van der Waals surface area contributed by atoms with Crippen LogP contribution in [0.4, 0.5) is 0 Å². The van der Waals surface area contributed by atoms with E-state index < -0.39 is 0 Å². The summed E-state index contributed by atoms with van der Waals surface area (Å²) in [5.41, 5.74) is 6.40. The predicted molar refractivity (Wildman–Crippen MR) is 99.1 cm³/mol. The first-order valence-electron chi connectivity index (χ1n) is 7.30. The molecule has 1 aliphatic carbocycles. The SMILES string of the molecule is CCCC1(CN=C(N)NCCc2cccs2)CCC1.I. The summed E-state index contributed by atoms with van der Waals surface area (Å²) in [6.07, 6.45) is 7.58. The molecule has 0 aromatic carbocycles. The van der Waals surface area contributed by atoms with Crippen LogP contribution >= 0.6 is 35.3 Å². The van der Waals surface area contributed by atoms with E-state index in [-0.39, 0.29) is 24.0 Å². The summed E-state index contributed by atoms with van der Waals surface area (Å²) < 4.78 is 0. The van der Waals surface area contributed by atoms with Gasteiger partial charge in [-0.25, -0.2) is 0 Å². The predicted octanol–water partition coefficient (Wildman–Crippen LogP) is 3.78. The molecule has 3 nitrogen and oxygen atoms in total. The highest BCUT2D eigenvalue weighted by Crippen LogP contribution is 2.44. The Morgan fingerprint density at radius 1 is 1.50 bits per heavy atom. The van der Waals surface area contributed by atoms with Gasteiger partial charge in [0.2, 0.25) is 0 Å². The van der Waals surface area contributed by atoms with Crippen LogP contribution in [0.15, 0.2) is 22.5 Å². The average Bonchev–Trinajstić information content (AvgIpc) is 2.85. The highest BCUT2D eigenvalue weighted by molar-refractivity contribution is 14.0. The van der Waals surface area contributed by atoms with E-state index in [2.05, 4.69) is 34.7 Å². The van der Waals surface area contributed by atoms with E-state index >= 15 is 0 Å². The highest BCUT2D eigenvalue weighted by atomic mass is 127. The molecule has 0 spiro atoms. The van der Waals surface area contributed by atoms with Crippen LogP contribution in [0.1, 0.15) is 43.9 Å². The number of nitrogens with one attached hydrogen (secondary N) is 1. The summed E-state index contributed by atoms with van der Waals surface area (Å²) in [5.74, 6) is 0.610. The number of aliphatic imine (C=N–C) groups is 1. The number of rotatable bonds is 7. The Morgan fingerprint density at radius 3 is 2.85 bits per heavy atom. The van der Waals surface area contributed by atoms with Crippen molar-refractivity contribution in [3.05, 3.63) is 22.4 Å². The number of halogens is 1. The molecule has 1 fully saturated rings. The van der Waals surface area contributed by atoms with Gasteiger partial charge in [0, 0.05) is 18.0 Å². The van der Waals surface area contributed by atoms with Crippen molar-refractivity contribution in [3.63, 3.8) is 0 Å². The van der Waals surface area contributed by atoms with Crippen molar-refractivity contribution in [3.8, 4) is 0 Å². The smallest absolute Gasteiger partial charge is 0.188 e. The van der Waals surface area contributed by atoms with E-state index in [4.69, 9.17) is 5.73 Å². The zero-order chi connectivity index (χ0) is 13.6. The molecule has 1 aliphatic rings. The van der Waals surface area contributed by atoms with Gasteiger partial charge < -0.3 is 11.1 Å². The largest absolute Gasteiger partial charge is 0.370 e. The van der Waals surface area contributed by atoms with Crippen molar-refractivity contribution in [1.82, 2.24) is 5.32 Å². The van der Waals surface area contributed by atoms with Gasteiger partial charge in [-0.15, -0.1) is 35.3 Å². The monoisotopic (exact) mass is 407 g/mol. The zero-order valence-electron chi connectivity index (χ0n) is 12.2. The molecule has 1 heterocycles. The normalized spacial score (nSPS) is 17.1. The fraction of sp³-hybridized carbons (Fsp3) is 0.667. The van der Waals surface area contributed by atoms with Gasteiger partial charge >= 0.3 is 0 Å². The van der Waals surface area contributed by atoms with Gasteiger partial charge in [0.05, 0.1) is 0 Å². The molecular formula is C15H26IN3S. The van der Waals surface area contributed by atoms with Crippen LogP contribution in [0.5, 0.6) is 0 Å². The Hall–Kier alpha value is -0.300. The lowest BCUT2D eigenvalue weighted by Gasteiger charge is -2.40. The van der Waals surface area contributed by atoms with Crippen molar-refractivity contribution < 1.29 is 0 Å². The van der Waals surface area contributed by atoms with Gasteiger partial charge in [-0.3, -0.25) is 4.99 Å².